The highest BCUT2D eigenvalue weighted by atomic mass is 16.2. The third-order valence-corrected chi connectivity index (χ3v) is 4.48. The van der Waals surface area contributed by atoms with Crippen molar-refractivity contribution in [3.05, 3.63) is 35.9 Å². The molecule has 2 atom stereocenters. The third kappa shape index (κ3) is 3.14. The molecule has 0 bridgehead atoms. The Morgan fingerprint density at radius 3 is 2.65 bits per heavy atom. The number of amides is 2. The van der Waals surface area contributed by atoms with E-state index in [0.717, 1.165) is 19.5 Å². The molecule has 0 radical (unpaired) electrons. The molecule has 0 spiro atoms. The van der Waals surface area contributed by atoms with E-state index in [1.807, 2.05) is 11.0 Å². The van der Waals surface area contributed by atoms with Gasteiger partial charge >= 0.3 is 6.03 Å². The van der Waals surface area contributed by atoms with Crippen LogP contribution in [0.25, 0.3) is 0 Å². The minimum Gasteiger partial charge on any atom is -0.331 e. The van der Waals surface area contributed by atoms with Crippen molar-refractivity contribution < 1.29 is 4.79 Å². The monoisotopic (exact) mass is 272 g/mol. The Labute approximate surface area is 121 Å². The maximum absolute atomic E-state index is 12.5. The summed E-state index contributed by atoms with van der Waals surface area (Å²) < 4.78 is 0. The number of nitrogens with one attached hydrogen (secondary N) is 1. The predicted octanol–water partition coefficient (Wildman–Crippen LogP) is 3.58. The third-order valence-electron chi connectivity index (χ3n) is 4.48. The number of carbonyl (C=O) groups excluding carboxylic acids is 1. The number of rotatable bonds is 3. The van der Waals surface area contributed by atoms with Gasteiger partial charge in [-0.2, -0.15) is 0 Å². The quantitative estimate of drug-likeness (QED) is 0.896. The Morgan fingerprint density at radius 1 is 1.25 bits per heavy atom. The van der Waals surface area contributed by atoms with Crippen LogP contribution < -0.4 is 5.32 Å². The van der Waals surface area contributed by atoms with Crippen molar-refractivity contribution >= 4 is 6.03 Å². The van der Waals surface area contributed by atoms with E-state index in [2.05, 4.69) is 36.5 Å². The fourth-order valence-corrected chi connectivity index (χ4v) is 3.16. The van der Waals surface area contributed by atoms with Crippen LogP contribution in [0.1, 0.15) is 44.2 Å². The number of carbonyl (C=O) groups is 1. The zero-order chi connectivity index (χ0) is 13.9. The molecule has 2 fully saturated rings. The van der Waals surface area contributed by atoms with Crippen LogP contribution in [0.3, 0.4) is 0 Å². The summed E-state index contributed by atoms with van der Waals surface area (Å²) in [6.07, 6.45) is 4.84. The van der Waals surface area contributed by atoms with Gasteiger partial charge in [-0.25, -0.2) is 4.79 Å². The highest BCUT2D eigenvalue weighted by Gasteiger charge is 2.34. The van der Waals surface area contributed by atoms with E-state index < -0.39 is 0 Å². The van der Waals surface area contributed by atoms with Gasteiger partial charge in [-0.05, 0) is 43.1 Å². The molecule has 0 aromatic heterocycles. The summed E-state index contributed by atoms with van der Waals surface area (Å²) in [4.78, 5) is 14.5. The number of urea groups is 1. The molecule has 20 heavy (non-hydrogen) atoms. The van der Waals surface area contributed by atoms with Crippen LogP contribution in [0.15, 0.2) is 30.3 Å². The van der Waals surface area contributed by atoms with Gasteiger partial charge in [-0.1, -0.05) is 37.3 Å². The number of benzene rings is 1. The summed E-state index contributed by atoms with van der Waals surface area (Å²) in [5.41, 5.74) is 1.24. The lowest BCUT2D eigenvalue weighted by atomic mass is 10.0. The van der Waals surface area contributed by atoms with E-state index in [-0.39, 0.29) is 12.1 Å². The molecular formula is C17H24N2O. The van der Waals surface area contributed by atoms with Crippen LogP contribution in [0.4, 0.5) is 4.79 Å². The number of likely N-dealkylation sites (tertiary alicyclic amines) is 1. The molecule has 3 nitrogen and oxygen atoms in total. The van der Waals surface area contributed by atoms with Gasteiger partial charge in [0.25, 0.3) is 0 Å². The van der Waals surface area contributed by atoms with Crippen LogP contribution in [-0.4, -0.2) is 24.0 Å². The van der Waals surface area contributed by atoms with E-state index in [1.165, 1.54) is 24.8 Å². The van der Waals surface area contributed by atoms with Gasteiger partial charge in [0.1, 0.15) is 0 Å². The Hall–Kier alpha value is -1.51. The van der Waals surface area contributed by atoms with Crippen LogP contribution in [0, 0.1) is 11.8 Å². The van der Waals surface area contributed by atoms with Gasteiger partial charge in [0.15, 0.2) is 0 Å². The average Bonchev–Trinajstić information content (AvgIpc) is 3.30. The summed E-state index contributed by atoms with van der Waals surface area (Å²) in [7, 11) is 0. The first-order valence-corrected chi connectivity index (χ1v) is 7.84. The highest BCUT2D eigenvalue weighted by molar-refractivity contribution is 5.75. The topological polar surface area (TPSA) is 32.3 Å². The smallest absolute Gasteiger partial charge is 0.317 e. The first-order chi connectivity index (χ1) is 9.74. The van der Waals surface area contributed by atoms with E-state index in [1.54, 1.807) is 0 Å². The number of hydrogen-bond donors (Lipinski definition) is 1. The lowest BCUT2D eigenvalue weighted by Crippen LogP contribution is -2.46. The molecule has 1 aliphatic heterocycles. The Balaban J connectivity index is 1.66. The minimum absolute atomic E-state index is 0.123. The normalized spacial score (nSPS) is 24.2. The number of hydrogen-bond acceptors (Lipinski definition) is 1. The molecule has 2 aliphatic rings. The summed E-state index contributed by atoms with van der Waals surface area (Å²) in [6.45, 7) is 4.04. The molecule has 1 saturated carbocycles. The summed E-state index contributed by atoms with van der Waals surface area (Å²) >= 11 is 0. The Kier molecular flexibility index (Phi) is 3.95. The van der Waals surface area contributed by atoms with Gasteiger partial charge in [0.05, 0.1) is 6.04 Å². The molecule has 1 aromatic rings. The standard InChI is InChI=1S/C17H24N2O/c1-13-6-5-11-19(12-13)17(20)18-16(15-9-10-15)14-7-3-2-4-8-14/h2-4,7-8,13,15-16H,5-6,9-12H2,1H3,(H,18,20). The second kappa shape index (κ2) is 5.86. The van der Waals surface area contributed by atoms with Crippen molar-refractivity contribution in [1.29, 1.82) is 0 Å². The fraction of sp³-hybridized carbons (Fsp3) is 0.588. The Bertz CT molecular complexity index is 455. The van der Waals surface area contributed by atoms with Gasteiger partial charge < -0.3 is 10.2 Å². The van der Waals surface area contributed by atoms with Crippen molar-refractivity contribution in [2.45, 2.75) is 38.6 Å². The average molecular weight is 272 g/mol. The number of nitrogens with zero attached hydrogens (tertiary/aromatic N) is 1. The molecule has 2 unspecified atom stereocenters. The molecule has 1 heterocycles. The van der Waals surface area contributed by atoms with Gasteiger partial charge in [0, 0.05) is 13.1 Å². The maximum atomic E-state index is 12.5. The lowest BCUT2D eigenvalue weighted by Gasteiger charge is -2.32. The molecule has 3 rings (SSSR count). The van der Waals surface area contributed by atoms with Crippen LogP contribution in [0.2, 0.25) is 0 Å². The Morgan fingerprint density at radius 2 is 2.00 bits per heavy atom. The molecule has 1 N–H and O–H groups in total. The van der Waals surface area contributed by atoms with Crippen molar-refractivity contribution in [1.82, 2.24) is 10.2 Å². The maximum Gasteiger partial charge on any atom is 0.317 e. The lowest BCUT2D eigenvalue weighted by molar-refractivity contribution is 0.165. The molecule has 108 valence electrons. The van der Waals surface area contributed by atoms with Crippen LogP contribution >= 0.6 is 0 Å². The van der Waals surface area contributed by atoms with E-state index >= 15 is 0 Å². The first-order valence-electron chi connectivity index (χ1n) is 7.84. The minimum atomic E-state index is 0.123. The predicted molar refractivity (Wildman–Crippen MR) is 80.4 cm³/mol. The summed E-state index contributed by atoms with van der Waals surface area (Å²) in [5.74, 6) is 1.26. The van der Waals surface area contributed by atoms with Crippen molar-refractivity contribution in [2.75, 3.05) is 13.1 Å². The molecule has 2 amide bonds. The first kappa shape index (κ1) is 13.5. The summed E-state index contributed by atoms with van der Waals surface area (Å²) in [5, 5.41) is 3.27. The van der Waals surface area contributed by atoms with E-state index in [9.17, 15) is 4.79 Å². The summed E-state index contributed by atoms with van der Waals surface area (Å²) in [6, 6.07) is 10.7. The molecule has 3 heteroatoms. The largest absolute Gasteiger partial charge is 0.331 e. The molecular weight excluding hydrogens is 248 g/mol. The molecule has 1 aromatic carbocycles. The zero-order valence-corrected chi connectivity index (χ0v) is 12.2. The number of piperidine rings is 1. The highest BCUT2D eigenvalue weighted by Crippen LogP contribution is 2.41. The van der Waals surface area contributed by atoms with Gasteiger partial charge in [-0.3, -0.25) is 0 Å². The van der Waals surface area contributed by atoms with Crippen LogP contribution in [-0.2, 0) is 0 Å². The van der Waals surface area contributed by atoms with Crippen molar-refractivity contribution in [3.63, 3.8) is 0 Å². The SMILES string of the molecule is CC1CCCN(C(=O)NC(c2ccccc2)C2CC2)C1. The molecule has 1 saturated heterocycles. The second-order valence-corrected chi connectivity index (χ2v) is 6.37. The van der Waals surface area contributed by atoms with Gasteiger partial charge in [0.2, 0.25) is 0 Å². The van der Waals surface area contributed by atoms with Crippen LogP contribution in [0.5, 0.6) is 0 Å². The zero-order valence-electron chi connectivity index (χ0n) is 12.2. The van der Waals surface area contributed by atoms with E-state index in [0.29, 0.717) is 11.8 Å². The molecule has 1 aliphatic carbocycles. The van der Waals surface area contributed by atoms with Crippen molar-refractivity contribution in [3.8, 4) is 0 Å². The van der Waals surface area contributed by atoms with Gasteiger partial charge in [-0.15, -0.1) is 0 Å². The fourth-order valence-electron chi connectivity index (χ4n) is 3.16. The second-order valence-electron chi connectivity index (χ2n) is 6.37. The van der Waals surface area contributed by atoms with E-state index in [4.69, 9.17) is 0 Å². The van der Waals surface area contributed by atoms with Crippen molar-refractivity contribution in [2.24, 2.45) is 11.8 Å².